The molecule has 1 atom stereocenters. The maximum absolute atomic E-state index is 12.9. The molecule has 2 aromatic heterocycles. The molecule has 1 aliphatic heterocycles. The number of nitrogens with zero attached hydrogens (tertiary/aromatic N) is 3. The van der Waals surface area contributed by atoms with Crippen LogP contribution in [0.2, 0.25) is 0 Å². The van der Waals surface area contributed by atoms with Crippen molar-refractivity contribution in [2.45, 2.75) is 50.6 Å². The van der Waals surface area contributed by atoms with Crippen molar-refractivity contribution in [2.24, 2.45) is 0 Å². The van der Waals surface area contributed by atoms with Crippen molar-refractivity contribution in [3.63, 3.8) is 0 Å². The first kappa shape index (κ1) is 17.9. The Labute approximate surface area is 160 Å². The Hall–Kier alpha value is -2.47. The summed E-state index contributed by atoms with van der Waals surface area (Å²) in [6.07, 6.45) is 9.16. The topological polar surface area (TPSA) is 67.3 Å². The van der Waals surface area contributed by atoms with Crippen LogP contribution >= 0.6 is 0 Å². The summed E-state index contributed by atoms with van der Waals surface area (Å²) in [5.41, 5.74) is 2.14. The molecular weight excluding hydrogens is 340 g/mol. The molecule has 0 radical (unpaired) electrons. The van der Waals surface area contributed by atoms with E-state index in [-0.39, 0.29) is 11.9 Å². The zero-order valence-electron chi connectivity index (χ0n) is 15.7. The second-order valence-corrected chi connectivity index (χ2v) is 7.37. The number of piperidine rings is 1. The Balaban J connectivity index is 1.43. The van der Waals surface area contributed by atoms with Gasteiger partial charge in [0, 0.05) is 18.9 Å². The molecule has 1 saturated carbocycles. The number of pyridine rings is 2. The van der Waals surface area contributed by atoms with E-state index in [0.717, 1.165) is 37.3 Å². The summed E-state index contributed by atoms with van der Waals surface area (Å²) < 4.78 is 5.41. The number of amides is 1. The molecule has 0 aromatic carbocycles. The number of methoxy groups -OCH3 is 1. The largest absolute Gasteiger partial charge is 0.495 e. The van der Waals surface area contributed by atoms with Crippen molar-refractivity contribution in [3.05, 3.63) is 47.9 Å². The van der Waals surface area contributed by atoms with Gasteiger partial charge >= 0.3 is 0 Å². The fourth-order valence-corrected chi connectivity index (χ4v) is 3.74. The average molecular weight is 366 g/mol. The number of nitrogens with one attached hydrogen (secondary N) is 1. The van der Waals surface area contributed by atoms with E-state index < -0.39 is 0 Å². The molecule has 0 unspecified atom stereocenters. The van der Waals surface area contributed by atoms with E-state index in [2.05, 4.69) is 26.3 Å². The Morgan fingerprint density at radius 1 is 1.22 bits per heavy atom. The minimum Gasteiger partial charge on any atom is -0.495 e. The van der Waals surface area contributed by atoms with Gasteiger partial charge in [0.1, 0.15) is 11.6 Å². The van der Waals surface area contributed by atoms with Crippen molar-refractivity contribution in [2.75, 3.05) is 19.0 Å². The second kappa shape index (κ2) is 8.05. The third-order valence-corrected chi connectivity index (χ3v) is 5.42. The van der Waals surface area contributed by atoms with Crippen LogP contribution in [-0.2, 0) is 11.3 Å². The molecule has 1 amide bonds. The number of carbonyl (C=O) groups excluding carboxylic acids is 1. The molecule has 3 heterocycles. The molecule has 1 N–H and O–H groups in total. The highest BCUT2D eigenvalue weighted by Gasteiger charge is 2.30. The normalized spacial score (nSPS) is 20.3. The summed E-state index contributed by atoms with van der Waals surface area (Å²) in [6, 6.07) is 7.60. The van der Waals surface area contributed by atoms with Gasteiger partial charge in [0.15, 0.2) is 0 Å². The van der Waals surface area contributed by atoms with Crippen LogP contribution in [0.3, 0.4) is 0 Å². The highest BCUT2D eigenvalue weighted by molar-refractivity contribution is 5.94. The van der Waals surface area contributed by atoms with Gasteiger partial charge in [-0.25, -0.2) is 4.98 Å². The number of hydrogen-bond donors (Lipinski definition) is 1. The first-order valence-corrected chi connectivity index (χ1v) is 9.73. The van der Waals surface area contributed by atoms with Gasteiger partial charge in [-0.2, -0.15) is 0 Å². The SMILES string of the molecule is COc1cccnc1CN1CCCC[C@@H]1C(=O)Nc1ccc(C2CC2)cn1. The number of likely N-dealkylation sites (tertiary alicyclic amines) is 1. The van der Waals surface area contributed by atoms with E-state index in [0.29, 0.717) is 18.3 Å². The average Bonchev–Trinajstić information content (AvgIpc) is 3.55. The van der Waals surface area contributed by atoms with Crippen LogP contribution in [0.1, 0.15) is 49.3 Å². The van der Waals surface area contributed by atoms with E-state index in [1.807, 2.05) is 24.4 Å². The number of anilines is 1. The minimum absolute atomic E-state index is 0.0104. The third-order valence-electron chi connectivity index (χ3n) is 5.42. The quantitative estimate of drug-likeness (QED) is 0.849. The third kappa shape index (κ3) is 4.27. The molecule has 6 heteroatoms. The minimum atomic E-state index is -0.171. The predicted molar refractivity (Wildman–Crippen MR) is 104 cm³/mol. The fourth-order valence-electron chi connectivity index (χ4n) is 3.74. The maximum atomic E-state index is 12.9. The van der Waals surface area contributed by atoms with Gasteiger partial charge in [-0.05, 0) is 61.9 Å². The highest BCUT2D eigenvalue weighted by atomic mass is 16.5. The Morgan fingerprint density at radius 3 is 2.85 bits per heavy atom. The highest BCUT2D eigenvalue weighted by Crippen LogP contribution is 2.39. The molecule has 0 spiro atoms. The monoisotopic (exact) mass is 366 g/mol. The molecule has 4 rings (SSSR count). The van der Waals surface area contributed by atoms with Crippen molar-refractivity contribution in [1.82, 2.24) is 14.9 Å². The Kier molecular flexibility index (Phi) is 5.34. The standard InChI is InChI=1S/C21H26N4O2/c1-27-19-6-4-11-22-17(19)14-25-12-3-2-5-18(25)21(26)24-20-10-9-16(13-23-20)15-7-8-15/h4,6,9-11,13,15,18H,2-3,5,7-8,12,14H2,1H3,(H,23,24,26)/t18-/m1/s1. The summed E-state index contributed by atoms with van der Waals surface area (Å²) in [6.45, 7) is 1.49. The van der Waals surface area contributed by atoms with E-state index in [1.165, 1.54) is 18.4 Å². The van der Waals surface area contributed by atoms with Gasteiger partial charge < -0.3 is 10.1 Å². The lowest BCUT2D eigenvalue weighted by Gasteiger charge is -2.34. The predicted octanol–water partition coefficient (Wildman–Crippen LogP) is 3.36. The zero-order valence-corrected chi connectivity index (χ0v) is 15.7. The van der Waals surface area contributed by atoms with Gasteiger partial charge in [-0.3, -0.25) is 14.7 Å². The van der Waals surface area contributed by atoms with Crippen LogP contribution in [0.4, 0.5) is 5.82 Å². The van der Waals surface area contributed by atoms with E-state index in [1.54, 1.807) is 13.3 Å². The van der Waals surface area contributed by atoms with Crippen molar-refractivity contribution >= 4 is 11.7 Å². The number of ether oxygens (including phenoxy) is 1. The molecule has 1 saturated heterocycles. The smallest absolute Gasteiger partial charge is 0.242 e. The lowest BCUT2D eigenvalue weighted by molar-refractivity contribution is -0.122. The van der Waals surface area contributed by atoms with Crippen LogP contribution in [0, 0.1) is 0 Å². The first-order chi connectivity index (χ1) is 13.2. The molecule has 142 valence electrons. The molecule has 1 aliphatic carbocycles. The van der Waals surface area contributed by atoms with E-state index >= 15 is 0 Å². The molecule has 2 fully saturated rings. The van der Waals surface area contributed by atoms with Crippen LogP contribution in [0.5, 0.6) is 5.75 Å². The van der Waals surface area contributed by atoms with Crippen molar-refractivity contribution < 1.29 is 9.53 Å². The summed E-state index contributed by atoms with van der Waals surface area (Å²) in [5, 5.41) is 3.00. The summed E-state index contributed by atoms with van der Waals surface area (Å²) in [7, 11) is 1.65. The molecular formula is C21H26N4O2. The van der Waals surface area contributed by atoms with E-state index in [4.69, 9.17) is 4.74 Å². The van der Waals surface area contributed by atoms with Gasteiger partial charge in [0.2, 0.25) is 5.91 Å². The van der Waals surface area contributed by atoms with Crippen LogP contribution in [0.15, 0.2) is 36.7 Å². The molecule has 2 aromatic rings. The van der Waals surface area contributed by atoms with Gasteiger partial charge in [-0.1, -0.05) is 12.5 Å². The van der Waals surface area contributed by atoms with Crippen molar-refractivity contribution in [1.29, 1.82) is 0 Å². The van der Waals surface area contributed by atoms with Crippen LogP contribution in [-0.4, -0.2) is 40.5 Å². The number of carbonyl (C=O) groups is 1. The number of hydrogen-bond acceptors (Lipinski definition) is 5. The van der Waals surface area contributed by atoms with Crippen molar-refractivity contribution in [3.8, 4) is 5.75 Å². The zero-order chi connectivity index (χ0) is 18.6. The molecule has 2 aliphatic rings. The summed E-state index contributed by atoms with van der Waals surface area (Å²) >= 11 is 0. The van der Waals surface area contributed by atoms with Gasteiger partial charge in [0.05, 0.1) is 18.8 Å². The molecule has 27 heavy (non-hydrogen) atoms. The van der Waals surface area contributed by atoms with Crippen LogP contribution in [0.25, 0.3) is 0 Å². The van der Waals surface area contributed by atoms with E-state index in [9.17, 15) is 4.79 Å². The maximum Gasteiger partial charge on any atom is 0.242 e. The summed E-state index contributed by atoms with van der Waals surface area (Å²) in [4.78, 5) is 24.0. The number of aromatic nitrogens is 2. The van der Waals surface area contributed by atoms with Gasteiger partial charge in [0.25, 0.3) is 0 Å². The van der Waals surface area contributed by atoms with Crippen LogP contribution < -0.4 is 10.1 Å². The second-order valence-electron chi connectivity index (χ2n) is 7.37. The lowest BCUT2D eigenvalue weighted by atomic mass is 10.0. The fraction of sp³-hybridized carbons (Fsp3) is 0.476. The molecule has 0 bridgehead atoms. The lowest BCUT2D eigenvalue weighted by Crippen LogP contribution is -2.46. The Morgan fingerprint density at radius 2 is 2.11 bits per heavy atom. The summed E-state index contributed by atoms with van der Waals surface area (Å²) in [5.74, 6) is 2.07. The van der Waals surface area contributed by atoms with Gasteiger partial charge in [-0.15, -0.1) is 0 Å². The first-order valence-electron chi connectivity index (χ1n) is 9.73. The number of rotatable bonds is 6. The Bertz CT molecular complexity index is 789. The molecule has 6 nitrogen and oxygen atoms in total.